The molecule has 0 saturated carbocycles. The van der Waals surface area contributed by atoms with Gasteiger partial charge >= 0.3 is 0 Å². The molecule has 0 unspecified atom stereocenters. The van der Waals surface area contributed by atoms with Gasteiger partial charge in [0.2, 0.25) is 0 Å². The summed E-state index contributed by atoms with van der Waals surface area (Å²) < 4.78 is 11.8. The van der Waals surface area contributed by atoms with E-state index in [0.717, 1.165) is 54.5 Å². The molecular weight excluding hydrogens is 376 g/mol. The zero-order valence-corrected chi connectivity index (χ0v) is 20.0. The van der Waals surface area contributed by atoms with Crippen molar-refractivity contribution in [1.29, 1.82) is 0 Å². The lowest BCUT2D eigenvalue weighted by Gasteiger charge is -2.15. The Morgan fingerprint density at radius 3 is 2.27 bits per heavy atom. The number of rotatable bonds is 16. The summed E-state index contributed by atoms with van der Waals surface area (Å²) in [7, 11) is 3.73. The average molecular weight is 419 g/mol. The molecule has 1 rings (SSSR count). The van der Waals surface area contributed by atoms with E-state index in [9.17, 15) is 0 Å². The van der Waals surface area contributed by atoms with Gasteiger partial charge in [0.05, 0.1) is 12.3 Å². The first-order valence-electron chi connectivity index (χ1n) is 11.2. The molecule has 0 saturated heterocycles. The van der Waals surface area contributed by atoms with Gasteiger partial charge in [0.1, 0.15) is 25.2 Å². The molecule has 0 heterocycles. The zero-order valence-electron chi connectivity index (χ0n) is 20.0. The molecule has 0 bridgehead atoms. The molecule has 170 valence electrons. The van der Waals surface area contributed by atoms with Gasteiger partial charge in [-0.3, -0.25) is 0 Å². The molecule has 0 aromatic heterocycles. The number of benzene rings is 1. The molecular formula is C25H42N2O3. The fraction of sp³-hybridized carbons (Fsp3) is 0.640. The molecule has 1 aromatic rings. The van der Waals surface area contributed by atoms with Gasteiger partial charge in [0.25, 0.3) is 0 Å². The first-order valence-corrected chi connectivity index (χ1v) is 11.2. The van der Waals surface area contributed by atoms with Crippen LogP contribution in [-0.2, 0) is 4.84 Å². The van der Waals surface area contributed by atoms with Crippen LogP contribution in [0.5, 0.6) is 11.5 Å². The lowest BCUT2D eigenvalue weighted by Crippen LogP contribution is -2.25. The van der Waals surface area contributed by atoms with Crippen molar-refractivity contribution in [3.8, 4) is 11.5 Å². The summed E-state index contributed by atoms with van der Waals surface area (Å²) in [6, 6.07) is 4.12. The van der Waals surface area contributed by atoms with Crippen LogP contribution in [0.4, 0.5) is 0 Å². The van der Waals surface area contributed by atoms with Gasteiger partial charge in [0.15, 0.2) is 0 Å². The van der Waals surface area contributed by atoms with Gasteiger partial charge in [-0.25, -0.2) is 0 Å². The number of nitrogens with zero attached hydrogens (tertiary/aromatic N) is 2. The quantitative estimate of drug-likeness (QED) is 0.144. The molecule has 0 aliphatic rings. The monoisotopic (exact) mass is 418 g/mol. The van der Waals surface area contributed by atoms with Crippen molar-refractivity contribution in [2.75, 3.05) is 40.5 Å². The Labute approximate surface area is 184 Å². The number of oxime groups is 1. The van der Waals surface area contributed by atoms with Crippen LogP contribution in [0, 0.1) is 13.8 Å². The summed E-state index contributed by atoms with van der Waals surface area (Å²) in [5.41, 5.74) is 3.29. The Morgan fingerprint density at radius 1 is 1.00 bits per heavy atom. The molecule has 1 aromatic carbocycles. The molecule has 30 heavy (non-hydrogen) atoms. The van der Waals surface area contributed by atoms with Crippen molar-refractivity contribution in [3.05, 3.63) is 35.4 Å². The second-order valence-corrected chi connectivity index (χ2v) is 7.98. The second kappa shape index (κ2) is 15.8. The minimum atomic E-state index is 0.605. The summed E-state index contributed by atoms with van der Waals surface area (Å²) in [4.78, 5) is 7.10. The number of hydrogen-bond donors (Lipinski definition) is 0. The van der Waals surface area contributed by atoms with Crippen LogP contribution in [0.1, 0.15) is 63.5 Å². The van der Waals surface area contributed by atoms with Crippen LogP contribution in [0.3, 0.4) is 0 Å². The van der Waals surface area contributed by atoms with E-state index in [2.05, 4.69) is 43.1 Å². The lowest BCUT2D eigenvalue weighted by atomic mass is 10.1. The van der Waals surface area contributed by atoms with Gasteiger partial charge in [0, 0.05) is 6.54 Å². The van der Waals surface area contributed by atoms with E-state index in [-0.39, 0.29) is 0 Å². The van der Waals surface area contributed by atoms with E-state index in [1.54, 1.807) is 7.11 Å². The van der Waals surface area contributed by atoms with Crippen LogP contribution < -0.4 is 9.47 Å². The van der Waals surface area contributed by atoms with E-state index in [0.29, 0.717) is 6.61 Å². The van der Waals surface area contributed by atoms with E-state index >= 15 is 0 Å². The van der Waals surface area contributed by atoms with Crippen LogP contribution in [0.2, 0.25) is 0 Å². The minimum absolute atomic E-state index is 0.605. The Balaban J connectivity index is 2.15. The molecule has 0 atom stereocenters. The Kier molecular flexibility index (Phi) is 13.7. The van der Waals surface area contributed by atoms with E-state index in [1.165, 1.54) is 32.1 Å². The highest BCUT2D eigenvalue weighted by Crippen LogP contribution is 2.28. The SMILES string of the molecule is C/C=C/COc1cc(C)c(OCCCCCCCCN(C)CC(C)=NOC)c(C)c1. The third kappa shape index (κ3) is 11.2. The van der Waals surface area contributed by atoms with Crippen LogP contribution in [0.25, 0.3) is 0 Å². The van der Waals surface area contributed by atoms with Gasteiger partial charge < -0.3 is 19.2 Å². The zero-order chi connectivity index (χ0) is 22.2. The van der Waals surface area contributed by atoms with Crippen LogP contribution >= 0.6 is 0 Å². The molecule has 0 fully saturated rings. The minimum Gasteiger partial charge on any atom is -0.493 e. The van der Waals surface area contributed by atoms with Crippen molar-refractivity contribution >= 4 is 5.71 Å². The first kappa shape index (κ1) is 26.0. The predicted molar refractivity (Wildman–Crippen MR) is 127 cm³/mol. The van der Waals surface area contributed by atoms with Crippen molar-refractivity contribution in [1.82, 2.24) is 4.90 Å². The highest BCUT2D eigenvalue weighted by molar-refractivity contribution is 5.83. The van der Waals surface area contributed by atoms with Gasteiger partial charge in [-0.1, -0.05) is 43.0 Å². The standard InChI is InChI=1S/C25H42N2O3/c1-7-8-16-29-24-18-21(2)25(22(3)19-24)30-17-14-12-10-9-11-13-15-27(5)20-23(4)26-28-6/h7-8,18-19H,9-17,20H2,1-6H3/b8-7+,26-23?. The summed E-state index contributed by atoms with van der Waals surface area (Å²) >= 11 is 0. The fourth-order valence-electron chi connectivity index (χ4n) is 3.48. The highest BCUT2D eigenvalue weighted by atomic mass is 16.6. The number of unbranched alkanes of at least 4 members (excludes halogenated alkanes) is 5. The molecule has 0 radical (unpaired) electrons. The molecule has 0 spiro atoms. The molecule has 0 amide bonds. The summed E-state index contributed by atoms with van der Waals surface area (Å²) in [6.07, 6.45) is 11.4. The second-order valence-electron chi connectivity index (χ2n) is 7.98. The first-order chi connectivity index (χ1) is 14.5. The summed E-state index contributed by atoms with van der Waals surface area (Å²) in [6.45, 7) is 11.5. The number of ether oxygens (including phenoxy) is 2. The van der Waals surface area contributed by atoms with Crippen molar-refractivity contribution in [3.63, 3.8) is 0 Å². The van der Waals surface area contributed by atoms with E-state index in [1.807, 2.05) is 26.0 Å². The summed E-state index contributed by atoms with van der Waals surface area (Å²) in [5, 5.41) is 3.96. The Bertz CT molecular complexity index is 633. The van der Waals surface area contributed by atoms with Crippen molar-refractivity contribution in [2.45, 2.75) is 66.2 Å². The average Bonchev–Trinajstić information content (AvgIpc) is 2.68. The topological polar surface area (TPSA) is 43.3 Å². The van der Waals surface area contributed by atoms with E-state index < -0.39 is 0 Å². The maximum absolute atomic E-state index is 6.07. The normalized spacial score (nSPS) is 12.0. The number of aryl methyl sites for hydroxylation is 2. The lowest BCUT2D eigenvalue weighted by molar-refractivity contribution is 0.210. The molecule has 0 N–H and O–H groups in total. The van der Waals surface area contributed by atoms with Crippen LogP contribution in [0.15, 0.2) is 29.4 Å². The molecule has 5 heteroatoms. The smallest absolute Gasteiger partial charge is 0.125 e. The third-order valence-electron chi connectivity index (χ3n) is 4.94. The molecule has 0 aliphatic heterocycles. The molecule has 0 aliphatic carbocycles. The molecule has 5 nitrogen and oxygen atoms in total. The Morgan fingerprint density at radius 2 is 1.63 bits per heavy atom. The Hall–Kier alpha value is -2.01. The van der Waals surface area contributed by atoms with Gasteiger partial charge in [-0.2, -0.15) is 0 Å². The largest absolute Gasteiger partial charge is 0.493 e. The number of allylic oxidation sites excluding steroid dienone is 1. The summed E-state index contributed by atoms with van der Waals surface area (Å²) in [5.74, 6) is 1.91. The van der Waals surface area contributed by atoms with E-state index in [4.69, 9.17) is 14.3 Å². The maximum Gasteiger partial charge on any atom is 0.125 e. The van der Waals surface area contributed by atoms with Crippen molar-refractivity contribution < 1.29 is 14.3 Å². The van der Waals surface area contributed by atoms with Gasteiger partial charge in [-0.05, 0) is 77.4 Å². The number of hydrogen-bond acceptors (Lipinski definition) is 5. The van der Waals surface area contributed by atoms with Crippen molar-refractivity contribution in [2.24, 2.45) is 5.16 Å². The fourth-order valence-corrected chi connectivity index (χ4v) is 3.48. The van der Waals surface area contributed by atoms with Gasteiger partial charge in [-0.15, -0.1) is 0 Å². The van der Waals surface area contributed by atoms with Crippen LogP contribution in [-0.4, -0.2) is 51.1 Å². The maximum atomic E-state index is 6.07. The third-order valence-corrected chi connectivity index (χ3v) is 4.94. The highest BCUT2D eigenvalue weighted by Gasteiger charge is 2.07. The predicted octanol–water partition coefficient (Wildman–Crippen LogP) is 5.93.